The van der Waals surface area contributed by atoms with Crippen LogP contribution in [0.5, 0.6) is 0 Å². The number of hydrogen-bond donors (Lipinski definition) is 2. The average molecular weight is 449 g/mol. The van der Waals surface area contributed by atoms with Crippen LogP contribution >= 0.6 is 0 Å². The number of benzene rings is 2. The summed E-state index contributed by atoms with van der Waals surface area (Å²) in [5.41, 5.74) is 4.45. The summed E-state index contributed by atoms with van der Waals surface area (Å²) in [6.07, 6.45) is 2.56. The Labute approximate surface area is 190 Å². The van der Waals surface area contributed by atoms with Crippen molar-refractivity contribution in [2.75, 3.05) is 23.8 Å². The maximum atomic E-state index is 14.6. The molecular formula is C24H25FN6O2. The van der Waals surface area contributed by atoms with Gasteiger partial charge in [0.25, 0.3) is 5.95 Å². The molecular weight excluding hydrogens is 423 g/mol. The van der Waals surface area contributed by atoms with E-state index >= 15 is 0 Å². The van der Waals surface area contributed by atoms with Crippen LogP contribution in [0.25, 0.3) is 16.9 Å². The third-order valence-electron chi connectivity index (χ3n) is 5.70. The molecule has 9 heteroatoms. The van der Waals surface area contributed by atoms with Gasteiger partial charge in [-0.05, 0) is 43.5 Å². The van der Waals surface area contributed by atoms with E-state index in [0.29, 0.717) is 35.5 Å². The monoisotopic (exact) mass is 448 g/mol. The Morgan fingerprint density at radius 3 is 2.58 bits per heavy atom. The number of carboxylic acids is 1. The Morgan fingerprint density at radius 2 is 1.94 bits per heavy atom. The number of aryl methyl sites for hydroxylation is 2. The molecule has 0 bridgehead atoms. The molecule has 4 aromatic rings. The first-order chi connectivity index (χ1) is 15.8. The lowest BCUT2D eigenvalue weighted by Gasteiger charge is -2.21. The third-order valence-corrected chi connectivity index (χ3v) is 5.70. The van der Waals surface area contributed by atoms with Crippen molar-refractivity contribution in [3.05, 3.63) is 70.8 Å². The molecule has 170 valence electrons. The van der Waals surface area contributed by atoms with Gasteiger partial charge in [-0.25, -0.2) is 18.9 Å². The maximum Gasteiger partial charge on any atom is 0.338 e. The Kier molecular flexibility index (Phi) is 5.95. The smallest absolute Gasteiger partial charge is 0.338 e. The zero-order chi connectivity index (χ0) is 23.7. The number of anilines is 2. The highest BCUT2D eigenvalue weighted by atomic mass is 19.1. The predicted molar refractivity (Wildman–Crippen MR) is 126 cm³/mol. The van der Waals surface area contributed by atoms with Crippen LogP contribution in [0.1, 0.15) is 34.0 Å². The van der Waals surface area contributed by atoms with Gasteiger partial charge in [-0.1, -0.05) is 18.2 Å². The van der Waals surface area contributed by atoms with E-state index in [0.717, 1.165) is 16.7 Å². The second-order valence-corrected chi connectivity index (χ2v) is 7.91. The normalized spacial score (nSPS) is 11.1. The van der Waals surface area contributed by atoms with Crippen LogP contribution in [0.15, 0.2) is 42.7 Å². The van der Waals surface area contributed by atoms with Crippen molar-refractivity contribution in [1.29, 1.82) is 0 Å². The van der Waals surface area contributed by atoms with E-state index in [-0.39, 0.29) is 11.5 Å². The quantitative estimate of drug-likeness (QED) is 0.434. The molecule has 0 aliphatic heterocycles. The van der Waals surface area contributed by atoms with Gasteiger partial charge in [-0.3, -0.25) is 0 Å². The average Bonchev–Trinajstić information content (AvgIpc) is 3.28. The summed E-state index contributed by atoms with van der Waals surface area (Å²) < 4.78 is 15.9. The summed E-state index contributed by atoms with van der Waals surface area (Å²) in [6.45, 7) is 7.26. The number of aromatic nitrogens is 4. The van der Waals surface area contributed by atoms with Gasteiger partial charge in [0.15, 0.2) is 0 Å². The van der Waals surface area contributed by atoms with Crippen LogP contribution < -0.4 is 10.2 Å². The van der Waals surface area contributed by atoms with E-state index in [4.69, 9.17) is 0 Å². The fourth-order valence-electron chi connectivity index (χ4n) is 3.72. The third kappa shape index (κ3) is 4.34. The Balaban J connectivity index is 1.85. The van der Waals surface area contributed by atoms with Gasteiger partial charge in [0, 0.05) is 32.4 Å². The lowest BCUT2D eigenvalue weighted by Crippen LogP contribution is -2.20. The highest BCUT2D eigenvalue weighted by Gasteiger charge is 2.18. The standard InChI is InChI=1S/C24H25FN6O2/c1-5-30(4)22-21-19(26-12-18-14(2)7-6-8-15(18)3)9-17(25)10-20(21)28-24(29-22)31-13-16(11-27-31)23(32)33/h6-11,13,26H,5,12H2,1-4H3,(H,32,33). The molecule has 0 radical (unpaired) electrons. The van der Waals surface area contributed by atoms with Gasteiger partial charge < -0.3 is 15.3 Å². The number of hydrogen-bond acceptors (Lipinski definition) is 6. The topological polar surface area (TPSA) is 96.2 Å². The molecule has 0 fully saturated rings. The van der Waals surface area contributed by atoms with E-state index in [1.165, 1.54) is 29.2 Å². The fourth-order valence-corrected chi connectivity index (χ4v) is 3.72. The van der Waals surface area contributed by atoms with Crippen molar-refractivity contribution in [3.63, 3.8) is 0 Å². The van der Waals surface area contributed by atoms with Crippen molar-refractivity contribution in [3.8, 4) is 5.95 Å². The molecule has 0 aliphatic carbocycles. The van der Waals surface area contributed by atoms with Crippen molar-refractivity contribution < 1.29 is 14.3 Å². The zero-order valence-corrected chi connectivity index (χ0v) is 18.9. The first kappa shape index (κ1) is 22.2. The van der Waals surface area contributed by atoms with Crippen LogP contribution in [0, 0.1) is 19.7 Å². The number of fused-ring (bicyclic) bond motifs is 1. The molecule has 33 heavy (non-hydrogen) atoms. The maximum absolute atomic E-state index is 14.6. The molecule has 2 aromatic carbocycles. The lowest BCUT2D eigenvalue weighted by atomic mass is 10.0. The second-order valence-electron chi connectivity index (χ2n) is 7.91. The summed E-state index contributed by atoms with van der Waals surface area (Å²) in [5, 5.41) is 17.3. The molecule has 0 saturated heterocycles. The van der Waals surface area contributed by atoms with Crippen molar-refractivity contribution in [2.24, 2.45) is 0 Å². The molecule has 8 nitrogen and oxygen atoms in total. The van der Waals surface area contributed by atoms with Crippen LogP contribution in [-0.4, -0.2) is 44.4 Å². The molecule has 0 spiro atoms. The zero-order valence-electron chi connectivity index (χ0n) is 18.9. The summed E-state index contributed by atoms with van der Waals surface area (Å²) >= 11 is 0. The van der Waals surface area contributed by atoms with Crippen LogP contribution in [0.2, 0.25) is 0 Å². The first-order valence-electron chi connectivity index (χ1n) is 10.6. The molecule has 0 unspecified atom stereocenters. The lowest BCUT2D eigenvalue weighted by molar-refractivity contribution is 0.0697. The number of halogens is 1. The summed E-state index contributed by atoms with van der Waals surface area (Å²) in [6, 6.07) is 8.91. The van der Waals surface area contributed by atoms with Crippen molar-refractivity contribution in [2.45, 2.75) is 27.3 Å². The van der Waals surface area contributed by atoms with Gasteiger partial charge in [0.2, 0.25) is 0 Å². The number of nitrogens with zero attached hydrogens (tertiary/aromatic N) is 5. The second kappa shape index (κ2) is 8.85. The molecule has 2 aromatic heterocycles. The van der Waals surface area contributed by atoms with E-state index in [1.807, 2.05) is 24.9 Å². The first-order valence-corrected chi connectivity index (χ1v) is 10.6. The fraction of sp³-hybridized carbons (Fsp3) is 0.250. The summed E-state index contributed by atoms with van der Waals surface area (Å²) in [7, 11) is 1.88. The van der Waals surface area contributed by atoms with Gasteiger partial charge >= 0.3 is 5.97 Å². The van der Waals surface area contributed by atoms with Crippen molar-refractivity contribution >= 4 is 28.4 Å². The van der Waals surface area contributed by atoms with Gasteiger partial charge in [-0.15, -0.1) is 0 Å². The number of carbonyl (C=O) groups is 1. The van der Waals surface area contributed by atoms with Crippen LogP contribution in [0.3, 0.4) is 0 Å². The highest BCUT2D eigenvalue weighted by molar-refractivity contribution is 6.00. The van der Waals surface area contributed by atoms with Crippen molar-refractivity contribution in [1.82, 2.24) is 19.7 Å². The minimum Gasteiger partial charge on any atom is -0.478 e. The SMILES string of the molecule is CCN(C)c1nc(-n2cc(C(=O)O)cn2)nc2cc(F)cc(NCc3c(C)cccc3C)c12. The van der Waals surface area contributed by atoms with E-state index in [2.05, 4.69) is 46.4 Å². The van der Waals surface area contributed by atoms with E-state index < -0.39 is 11.8 Å². The minimum atomic E-state index is -1.10. The molecule has 4 rings (SSSR count). The molecule has 0 atom stereocenters. The number of rotatable bonds is 7. The number of nitrogens with one attached hydrogen (secondary N) is 1. The van der Waals surface area contributed by atoms with Gasteiger partial charge in [0.05, 0.1) is 28.4 Å². The number of aromatic carboxylic acids is 1. The molecule has 0 saturated carbocycles. The Hall–Kier alpha value is -4.01. The Bertz CT molecular complexity index is 1330. The molecule has 2 heterocycles. The minimum absolute atomic E-state index is 0.0132. The van der Waals surface area contributed by atoms with Crippen LogP contribution in [0.4, 0.5) is 15.9 Å². The largest absolute Gasteiger partial charge is 0.478 e. The van der Waals surface area contributed by atoms with Gasteiger partial charge in [-0.2, -0.15) is 10.1 Å². The Morgan fingerprint density at radius 1 is 1.21 bits per heavy atom. The molecule has 0 aliphatic rings. The highest BCUT2D eigenvalue weighted by Crippen LogP contribution is 2.33. The van der Waals surface area contributed by atoms with E-state index in [9.17, 15) is 14.3 Å². The van der Waals surface area contributed by atoms with Crippen LogP contribution in [-0.2, 0) is 6.54 Å². The van der Waals surface area contributed by atoms with Gasteiger partial charge in [0.1, 0.15) is 11.6 Å². The molecule has 2 N–H and O–H groups in total. The summed E-state index contributed by atoms with van der Waals surface area (Å²) in [4.78, 5) is 22.3. The molecule has 0 amide bonds. The predicted octanol–water partition coefficient (Wildman–Crippen LogP) is 4.34. The summed E-state index contributed by atoms with van der Waals surface area (Å²) in [5.74, 6) is -0.782. The van der Waals surface area contributed by atoms with E-state index in [1.54, 1.807) is 0 Å². The number of carboxylic acid groups (broad SMARTS) is 1.